The Morgan fingerprint density at radius 1 is 1.20 bits per heavy atom. The molecule has 5 rings (SSSR count). The van der Waals surface area contributed by atoms with E-state index in [1.54, 1.807) is 11.1 Å². The van der Waals surface area contributed by atoms with Gasteiger partial charge in [0.2, 0.25) is 11.7 Å². The number of hydrogen-bond acceptors (Lipinski definition) is 8. The Morgan fingerprint density at radius 2 is 2.00 bits per heavy atom. The summed E-state index contributed by atoms with van der Waals surface area (Å²) in [5.74, 6) is 1.68. The molecule has 10 heteroatoms. The molecule has 2 fully saturated rings. The summed E-state index contributed by atoms with van der Waals surface area (Å²) in [7, 11) is 0. The second kappa shape index (κ2) is 11.8. The number of carbonyl (C=O) groups is 1. The van der Waals surface area contributed by atoms with Gasteiger partial charge in [-0.2, -0.15) is 5.26 Å². The third kappa shape index (κ3) is 6.53. The smallest absolute Gasteiger partial charge is 0.410 e. The zero-order chi connectivity index (χ0) is 28.3. The second-order valence-corrected chi connectivity index (χ2v) is 11.8. The number of hydrogen-bond donors (Lipinski definition) is 0. The van der Waals surface area contributed by atoms with E-state index in [9.17, 15) is 10.1 Å². The molecule has 2 aliphatic rings. The van der Waals surface area contributed by atoms with Crippen LogP contribution in [0.4, 0.5) is 4.79 Å². The van der Waals surface area contributed by atoms with Crippen molar-refractivity contribution in [3.05, 3.63) is 35.9 Å². The molecule has 2 aliphatic heterocycles. The predicted octanol–water partition coefficient (Wildman–Crippen LogP) is 5.13. The molecule has 0 radical (unpaired) electrons. The largest absolute Gasteiger partial charge is 0.477 e. The van der Waals surface area contributed by atoms with E-state index in [0.717, 1.165) is 67.6 Å². The minimum absolute atomic E-state index is 0.140. The van der Waals surface area contributed by atoms with Gasteiger partial charge in [0.05, 0.1) is 18.9 Å². The van der Waals surface area contributed by atoms with Crippen molar-refractivity contribution < 1.29 is 19.0 Å². The summed E-state index contributed by atoms with van der Waals surface area (Å²) in [6, 6.07) is 6.13. The molecule has 0 N–H and O–H groups in total. The number of rotatable bonds is 7. The quantitative estimate of drug-likeness (QED) is 0.401. The van der Waals surface area contributed by atoms with Crippen molar-refractivity contribution >= 4 is 17.1 Å². The van der Waals surface area contributed by atoms with Crippen LogP contribution >= 0.6 is 0 Å². The third-order valence-electron chi connectivity index (χ3n) is 7.53. The molecule has 3 aromatic rings. The van der Waals surface area contributed by atoms with Crippen molar-refractivity contribution in [2.24, 2.45) is 11.8 Å². The molecular weight excluding hydrogens is 508 g/mol. The van der Waals surface area contributed by atoms with Crippen LogP contribution in [0.1, 0.15) is 57.8 Å². The maximum absolute atomic E-state index is 12.3. The van der Waals surface area contributed by atoms with Crippen LogP contribution in [0.15, 0.2) is 24.5 Å². The monoisotopic (exact) mass is 546 g/mol. The van der Waals surface area contributed by atoms with Gasteiger partial charge in [-0.25, -0.2) is 19.7 Å². The van der Waals surface area contributed by atoms with E-state index >= 15 is 0 Å². The lowest BCUT2D eigenvalue weighted by Gasteiger charge is -2.33. The average Bonchev–Trinajstić information content (AvgIpc) is 3.59. The fourth-order valence-corrected chi connectivity index (χ4v) is 5.38. The lowest BCUT2D eigenvalue weighted by Crippen LogP contribution is -2.41. The molecule has 0 spiro atoms. The summed E-state index contributed by atoms with van der Waals surface area (Å²) in [5.41, 5.74) is 2.71. The first-order valence-corrected chi connectivity index (χ1v) is 14.1. The molecule has 5 heterocycles. The standard InChI is InChI=1S/C30H38N6O4/c1-20-15-23(26-24-7-12-36(18-22-8-13-38-19-22)27(24)34-25(16-31)33-26)17-32-28(20)39-14-9-21-5-10-35(11-6-21)29(37)40-30(2,3)4/h7,12,15,17,21-22H,5-6,8-11,13-14,18-19H2,1-4H3. The van der Waals surface area contributed by atoms with Crippen LogP contribution in [0.25, 0.3) is 22.3 Å². The predicted molar refractivity (Wildman–Crippen MR) is 150 cm³/mol. The van der Waals surface area contributed by atoms with Gasteiger partial charge in [-0.05, 0) is 71.4 Å². The molecule has 0 saturated carbocycles. The number of carbonyl (C=O) groups excluding carboxylic acids is 1. The number of nitrogens with zero attached hydrogens (tertiary/aromatic N) is 6. The van der Waals surface area contributed by atoms with Crippen molar-refractivity contribution in [3.8, 4) is 23.2 Å². The van der Waals surface area contributed by atoms with Crippen LogP contribution in [-0.2, 0) is 16.0 Å². The van der Waals surface area contributed by atoms with Crippen LogP contribution < -0.4 is 4.74 Å². The number of piperidine rings is 1. The van der Waals surface area contributed by atoms with E-state index in [0.29, 0.717) is 43.1 Å². The van der Waals surface area contributed by atoms with Gasteiger partial charge in [-0.15, -0.1) is 0 Å². The van der Waals surface area contributed by atoms with Gasteiger partial charge in [-0.1, -0.05) is 0 Å². The molecule has 1 amide bonds. The Bertz CT molecular complexity index is 1390. The molecule has 10 nitrogen and oxygen atoms in total. The molecule has 3 aromatic heterocycles. The molecule has 212 valence electrons. The minimum atomic E-state index is -0.477. The maximum Gasteiger partial charge on any atom is 0.410 e. The number of aryl methyl sites for hydroxylation is 1. The molecule has 0 aliphatic carbocycles. The first kappa shape index (κ1) is 27.8. The van der Waals surface area contributed by atoms with Crippen molar-refractivity contribution in [2.75, 3.05) is 32.9 Å². The van der Waals surface area contributed by atoms with Gasteiger partial charge in [0.1, 0.15) is 17.3 Å². The zero-order valence-electron chi connectivity index (χ0n) is 23.9. The van der Waals surface area contributed by atoms with E-state index in [-0.39, 0.29) is 11.9 Å². The highest BCUT2D eigenvalue weighted by Gasteiger charge is 2.27. The summed E-state index contributed by atoms with van der Waals surface area (Å²) in [6.07, 6.45) is 7.34. The Hall–Kier alpha value is -3.71. The fraction of sp³-hybridized carbons (Fsp3) is 0.567. The van der Waals surface area contributed by atoms with Crippen molar-refractivity contribution in [2.45, 2.75) is 65.5 Å². The summed E-state index contributed by atoms with van der Waals surface area (Å²) in [4.78, 5) is 27.8. The van der Waals surface area contributed by atoms with E-state index in [2.05, 4.69) is 25.6 Å². The van der Waals surface area contributed by atoms with Crippen molar-refractivity contribution in [1.82, 2.24) is 24.4 Å². The second-order valence-electron chi connectivity index (χ2n) is 11.8. The minimum Gasteiger partial charge on any atom is -0.477 e. The highest BCUT2D eigenvalue weighted by atomic mass is 16.6. The normalized spacial score (nSPS) is 18.2. The summed E-state index contributed by atoms with van der Waals surface area (Å²) >= 11 is 0. The van der Waals surface area contributed by atoms with E-state index in [1.807, 2.05) is 46.0 Å². The van der Waals surface area contributed by atoms with Gasteiger partial charge in [0.15, 0.2) is 0 Å². The van der Waals surface area contributed by atoms with Crippen LogP contribution in [0.5, 0.6) is 5.88 Å². The highest BCUT2D eigenvalue weighted by molar-refractivity contribution is 5.91. The maximum atomic E-state index is 12.3. The molecule has 2 saturated heterocycles. The Morgan fingerprint density at radius 3 is 2.67 bits per heavy atom. The zero-order valence-corrected chi connectivity index (χ0v) is 23.9. The van der Waals surface area contributed by atoms with E-state index in [1.165, 1.54) is 0 Å². The van der Waals surface area contributed by atoms with Gasteiger partial charge >= 0.3 is 6.09 Å². The Kier molecular flexibility index (Phi) is 8.22. The fourth-order valence-electron chi connectivity index (χ4n) is 5.38. The van der Waals surface area contributed by atoms with Crippen LogP contribution in [0.3, 0.4) is 0 Å². The summed E-state index contributed by atoms with van der Waals surface area (Å²) < 4.78 is 19.2. The molecule has 1 unspecified atom stereocenters. The van der Waals surface area contributed by atoms with E-state index in [4.69, 9.17) is 14.2 Å². The molecule has 1 atom stereocenters. The number of nitriles is 1. The van der Waals surface area contributed by atoms with E-state index < -0.39 is 5.60 Å². The average molecular weight is 547 g/mol. The van der Waals surface area contributed by atoms with Gasteiger partial charge < -0.3 is 23.7 Å². The summed E-state index contributed by atoms with van der Waals surface area (Å²) in [6.45, 7) is 12.0. The highest BCUT2D eigenvalue weighted by Crippen LogP contribution is 2.30. The van der Waals surface area contributed by atoms with Gasteiger partial charge in [0.25, 0.3) is 0 Å². The van der Waals surface area contributed by atoms with Crippen molar-refractivity contribution in [3.63, 3.8) is 0 Å². The number of aromatic nitrogens is 4. The first-order valence-electron chi connectivity index (χ1n) is 14.1. The topological polar surface area (TPSA) is 115 Å². The molecule has 40 heavy (non-hydrogen) atoms. The lowest BCUT2D eigenvalue weighted by molar-refractivity contribution is 0.0177. The number of ether oxygens (including phenoxy) is 3. The SMILES string of the molecule is Cc1cc(-c2nc(C#N)nc3c2ccn3CC2CCOC2)cnc1OCCC1CCN(C(=O)OC(C)(C)C)CC1. The molecule has 0 bridgehead atoms. The van der Waals surface area contributed by atoms with Crippen LogP contribution in [0.2, 0.25) is 0 Å². The number of pyridine rings is 1. The number of likely N-dealkylation sites (tertiary alicyclic amines) is 1. The van der Waals surface area contributed by atoms with Gasteiger partial charge in [0, 0.05) is 61.1 Å². The lowest BCUT2D eigenvalue weighted by atomic mass is 9.94. The molecular formula is C30H38N6O4. The first-order chi connectivity index (χ1) is 19.2. The Balaban J connectivity index is 1.21. The Labute approximate surface area is 235 Å². The van der Waals surface area contributed by atoms with Crippen LogP contribution in [0, 0.1) is 30.1 Å². The third-order valence-corrected chi connectivity index (χ3v) is 7.53. The number of fused-ring (bicyclic) bond motifs is 1. The van der Waals surface area contributed by atoms with Crippen LogP contribution in [-0.4, -0.2) is 69.0 Å². The summed E-state index contributed by atoms with van der Waals surface area (Å²) in [5, 5.41) is 10.5. The van der Waals surface area contributed by atoms with Crippen molar-refractivity contribution in [1.29, 1.82) is 5.26 Å². The number of amides is 1. The van der Waals surface area contributed by atoms with Gasteiger partial charge in [-0.3, -0.25) is 0 Å². The molecule has 0 aromatic carbocycles.